The Hall–Kier alpha value is -3.51. The van der Waals surface area contributed by atoms with E-state index in [9.17, 15) is 9.59 Å². The lowest BCUT2D eigenvalue weighted by Crippen LogP contribution is -2.43. The summed E-state index contributed by atoms with van der Waals surface area (Å²) in [6.45, 7) is 0. The van der Waals surface area contributed by atoms with E-state index in [1.807, 2.05) is 0 Å². The van der Waals surface area contributed by atoms with Crippen LogP contribution in [0.1, 0.15) is 11.1 Å². The van der Waals surface area contributed by atoms with Crippen LogP contribution in [0.15, 0.2) is 78.9 Å². The third-order valence-electron chi connectivity index (χ3n) is 4.48. The molecule has 30 heavy (non-hydrogen) atoms. The molecule has 0 aliphatic carbocycles. The number of rotatable bonds is 6. The van der Waals surface area contributed by atoms with Gasteiger partial charge >= 0.3 is 12.1 Å². The number of benzene rings is 3. The largest absolute Gasteiger partial charge is 0.495 e. The molecule has 154 valence electrons. The monoisotopic (exact) mass is 425 g/mol. The van der Waals surface area contributed by atoms with Gasteiger partial charge in [-0.25, -0.2) is 9.59 Å². The molecule has 7 heteroatoms. The van der Waals surface area contributed by atoms with Crippen molar-refractivity contribution >= 4 is 29.4 Å². The second kappa shape index (κ2) is 9.33. The zero-order chi connectivity index (χ0) is 21.6. The van der Waals surface area contributed by atoms with Crippen LogP contribution in [-0.2, 0) is 19.9 Å². The molecule has 0 aromatic heterocycles. The molecule has 3 aromatic carbocycles. The van der Waals surface area contributed by atoms with Gasteiger partial charge in [0.25, 0.3) is 5.60 Å². The third-order valence-corrected chi connectivity index (χ3v) is 4.77. The first-order valence-corrected chi connectivity index (χ1v) is 9.42. The predicted molar refractivity (Wildman–Crippen MR) is 114 cm³/mol. The molecule has 0 unspecified atom stereocenters. The van der Waals surface area contributed by atoms with Crippen LogP contribution >= 0.6 is 11.6 Å². The van der Waals surface area contributed by atoms with Crippen LogP contribution in [-0.4, -0.2) is 26.3 Å². The van der Waals surface area contributed by atoms with Crippen molar-refractivity contribution in [1.82, 2.24) is 0 Å². The SMILES string of the molecule is COC(=O)C(OC(=O)Nc1ccc(OC)c(Cl)c1)(c1ccccc1)c1ccccc1. The van der Waals surface area contributed by atoms with Gasteiger partial charge in [0.15, 0.2) is 0 Å². The van der Waals surface area contributed by atoms with Crippen molar-refractivity contribution in [3.05, 3.63) is 95.0 Å². The zero-order valence-electron chi connectivity index (χ0n) is 16.4. The van der Waals surface area contributed by atoms with Gasteiger partial charge in [0.05, 0.1) is 19.2 Å². The molecule has 6 nitrogen and oxygen atoms in total. The van der Waals surface area contributed by atoms with Gasteiger partial charge in [0, 0.05) is 16.8 Å². The summed E-state index contributed by atoms with van der Waals surface area (Å²) < 4.78 is 15.9. The minimum Gasteiger partial charge on any atom is -0.495 e. The highest BCUT2D eigenvalue weighted by atomic mass is 35.5. The predicted octanol–water partition coefficient (Wildman–Crippen LogP) is 5.01. The Morgan fingerprint density at radius 2 is 1.43 bits per heavy atom. The third kappa shape index (κ3) is 4.23. The van der Waals surface area contributed by atoms with Crippen molar-refractivity contribution in [3.63, 3.8) is 0 Å². The average molecular weight is 426 g/mol. The molecule has 0 saturated heterocycles. The molecule has 1 N–H and O–H groups in total. The zero-order valence-corrected chi connectivity index (χ0v) is 17.2. The van der Waals surface area contributed by atoms with Crippen molar-refractivity contribution in [2.45, 2.75) is 5.60 Å². The lowest BCUT2D eigenvalue weighted by Gasteiger charge is -2.31. The van der Waals surface area contributed by atoms with Crippen LogP contribution in [0.25, 0.3) is 0 Å². The molecule has 0 spiro atoms. The van der Waals surface area contributed by atoms with E-state index in [1.165, 1.54) is 20.3 Å². The molecule has 0 radical (unpaired) electrons. The number of hydrogen-bond acceptors (Lipinski definition) is 5. The van der Waals surface area contributed by atoms with E-state index in [0.717, 1.165) is 0 Å². The van der Waals surface area contributed by atoms with Crippen molar-refractivity contribution in [2.75, 3.05) is 19.5 Å². The van der Waals surface area contributed by atoms with Crippen LogP contribution in [0, 0.1) is 0 Å². The Morgan fingerprint density at radius 1 is 0.867 bits per heavy atom. The molecule has 0 aliphatic heterocycles. The minimum absolute atomic E-state index is 0.320. The summed E-state index contributed by atoms with van der Waals surface area (Å²) in [5, 5.41) is 2.92. The van der Waals surface area contributed by atoms with Crippen LogP contribution in [0.5, 0.6) is 5.75 Å². The van der Waals surface area contributed by atoms with E-state index in [1.54, 1.807) is 72.8 Å². The van der Waals surface area contributed by atoms with Gasteiger partial charge in [0.2, 0.25) is 0 Å². The number of amides is 1. The molecule has 1 amide bonds. The maximum Gasteiger partial charge on any atom is 0.413 e. The van der Waals surface area contributed by atoms with E-state index in [0.29, 0.717) is 27.6 Å². The minimum atomic E-state index is -1.79. The standard InChI is InChI=1S/C23H20ClNO5/c1-28-20-14-13-18(15-19(20)24)25-22(27)30-23(21(26)29-2,16-9-5-3-6-10-16)17-11-7-4-8-12-17/h3-15H,1-2H3,(H,25,27). The van der Waals surface area contributed by atoms with Crippen molar-refractivity contribution in [3.8, 4) is 5.75 Å². The lowest BCUT2D eigenvalue weighted by atomic mass is 9.86. The summed E-state index contributed by atoms with van der Waals surface area (Å²) in [4.78, 5) is 25.8. The molecule has 0 bridgehead atoms. The topological polar surface area (TPSA) is 73.9 Å². The van der Waals surface area contributed by atoms with E-state index >= 15 is 0 Å². The number of hydrogen-bond donors (Lipinski definition) is 1. The van der Waals surface area contributed by atoms with E-state index in [2.05, 4.69) is 5.32 Å². The maximum atomic E-state index is 13.0. The summed E-state index contributed by atoms with van der Waals surface area (Å²) in [6, 6.07) is 22.1. The molecule has 0 atom stereocenters. The van der Waals surface area contributed by atoms with Crippen LogP contribution in [0.3, 0.4) is 0 Å². The Bertz CT molecular complexity index is 985. The fourth-order valence-corrected chi connectivity index (χ4v) is 3.34. The molecule has 0 heterocycles. The first-order chi connectivity index (χ1) is 14.5. The quantitative estimate of drug-likeness (QED) is 0.562. The van der Waals surface area contributed by atoms with Crippen LogP contribution < -0.4 is 10.1 Å². The van der Waals surface area contributed by atoms with Gasteiger partial charge < -0.3 is 14.2 Å². The van der Waals surface area contributed by atoms with Crippen LogP contribution in [0.4, 0.5) is 10.5 Å². The first kappa shape index (κ1) is 21.2. The number of anilines is 1. The highest BCUT2D eigenvalue weighted by Crippen LogP contribution is 2.36. The Labute approximate surface area is 179 Å². The fraction of sp³-hybridized carbons (Fsp3) is 0.130. The highest BCUT2D eigenvalue weighted by Gasteiger charge is 2.47. The lowest BCUT2D eigenvalue weighted by molar-refractivity contribution is -0.158. The van der Waals surface area contributed by atoms with E-state index in [4.69, 9.17) is 25.8 Å². The summed E-state index contributed by atoms with van der Waals surface area (Å²) in [6.07, 6.45) is -0.852. The Morgan fingerprint density at radius 3 is 1.90 bits per heavy atom. The van der Waals surface area contributed by atoms with Gasteiger partial charge in [0.1, 0.15) is 5.75 Å². The number of halogens is 1. The molecular formula is C23H20ClNO5. The fourth-order valence-electron chi connectivity index (χ4n) is 3.08. The van der Waals surface area contributed by atoms with Gasteiger partial charge in [-0.15, -0.1) is 0 Å². The summed E-state index contributed by atoms with van der Waals surface area (Å²) in [7, 11) is 2.74. The average Bonchev–Trinajstić information content (AvgIpc) is 2.78. The Kier molecular flexibility index (Phi) is 6.59. The number of ether oxygens (including phenoxy) is 3. The highest BCUT2D eigenvalue weighted by molar-refractivity contribution is 6.32. The van der Waals surface area contributed by atoms with Gasteiger partial charge in [-0.1, -0.05) is 72.3 Å². The van der Waals surface area contributed by atoms with Crippen molar-refractivity contribution in [1.29, 1.82) is 0 Å². The molecule has 0 aliphatic rings. The number of methoxy groups -OCH3 is 2. The van der Waals surface area contributed by atoms with Gasteiger partial charge in [-0.2, -0.15) is 0 Å². The van der Waals surface area contributed by atoms with Crippen LogP contribution in [0.2, 0.25) is 5.02 Å². The van der Waals surface area contributed by atoms with Gasteiger partial charge in [-0.3, -0.25) is 5.32 Å². The molecular weight excluding hydrogens is 406 g/mol. The summed E-state index contributed by atoms with van der Waals surface area (Å²) >= 11 is 6.12. The second-order valence-electron chi connectivity index (χ2n) is 6.27. The Balaban J connectivity index is 2.01. The molecule has 0 fully saturated rings. The summed E-state index contributed by atoms with van der Waals surface area (Å²) in [5.41, 5.74) is -0.514. The second-order valence-corrected chi connectivity index (χ2v) is 6.68. The van der Waals surface area contributed by atoms with E-state index in [-0.39, 0.29) is 0 Å². The van der Waals surface area contributed by atoms with Gasteiger partial charge in [-0.05, 0) is 18.2 Å². The van der Waals surface area contributed by atoms with Crippen molar-refractivity contribution < 1.29 is 23.8 Å². The number of carbonyl (C=O) groups is 2. The molecule has 3 aromatic rings. The molecule has 3 rings (SSSR count). The maximum absolute atomic E-state index is 13.0. The number of esters is 1. The molecule has 0 saturated carbocycles. The number of nitrogens with one attached hydrogen (secondary N) is 1. The first-order valence-electron chi connectivity index (χ1n) is 9.04. The van der Waals surface area contributed by atoms with E-state index < -0.39 is 17.7 Å². The van der Waals surface area contributed by atoms with Crippen molar-refractivity contribution in [2.24, 2.45) is 0 Å². The number of carbonyl (C=O) groups excluding carboxylic acids is 2. The smallest absolute Gasteiger partial charge is 0.413 e. The summed E-state index contributed by atoms with van der Waals surface area (Å²) in [5.74, 6) is -0.268. The normalized spacial score (nSPS) is 10.8.